The third kappa shape index (κ3) is 2.75. The summed E-state index contributed by atoms with van der Waals surface area (Å²) in [5.41, 5.74) is 8.03. The molecule has 0 aromatic heterocycles. The third-order valence-electron chi connectivity index (χ3n) is 3.67. The number of anilines is 1. The van der Waals surface area contributed by atoms with Gasteiger partial charge in [0.1, 0.15) is 4.90 Å². The summed E-state index contributed by atoms with van der Waals surface area (Å²) in [6, 6.07) is 3.33. The summed E-state index contributed by atoms with van der Waals surface area (Å²) >= 11 is 0. The van der Waals surface area contributed by atoms with Crippen LogP contribution >= 0.6 is 0 Å². The van der Waals surface area contributed by atoms with Gasteiger partial charge in [-0.3, -0.25) is 0 Å². The number of hydrogen-bond donors (Lipinski definition) is 2. The van der Waals surface area contributed by atoms with Crippen molar-refractivity contribution in [1.82, 2.24) is 4.31 Å². The summed E-state index contributed by atoms with van der Waals surface area (Å²) in [5.74, 6) is 0. The fraction of sp³-hybridized carbons (Fsp3) is 0.538. The SMILES string of the molecule is Cc1cc(N)c(S(=O)(=O)N2CCC(O)CC2)cc1C. The van der Waals surface area contributed by atoms with Crippen molar-refractivity contribution in [3.8, 4) is 0 Å². The van der Waals surface area contributed by atoms with Gasteiger partial charge < -0.3 is 10.8 Å². The fourth-order valence-corrected chi connectivity index (χ4v) is 3.91. The number of sulfonamides is 1. The van der Waals surface area contributed by atoms with Crippen molar-refractivity contribution < 1.29 is 13.5 Å². The Hall–Kier alpha value is -1.11. The van der Waals surface area contributed by atoms with Crippen molar-refractivity contribution in [2.24, 2.45) is 0 Å². The molecular weight excluding hydrogens is 264 g/mol. The number of rotatable bonds is 2. The standard InChI is InChI=1S/C13H20N2O3S/c1-9-7-12(14)13(8-10(9)2)19(17,18)15-5-3-11(16)4-6-15/h7-8,11,16H,3-6,14H2,1-2H3. The maximum absolute atomic E-state index is 12.5. The van der Waals surface area contributed by atoms with Crippen LogP contribution in [0.3, 0.4) is 0 Å². The molecule has 19 heavy (non-hydrogen) atoms. The molecule has 0 bridgehead atoms. The second-order valence-corrected chi connectivity index (χ2v) is 7.02. The normalized spacial score (nSPS) is 18.7. The molecule has 0 aliphatic carbocycles. The van der Waals surface area contributed by atoms with Gasteiger partial charge in [0.15, 0.2) is 0 Å². The van der Waals surface area contributed by atoms with E-state index in [0.717, 1.165) is 11.1 Å². The zero-order valence-corrected chi connectivity index (χ0v) is 12.1. The van der Waals surface area contributed by atoms with Crippen molar-refractivity contribution in [3.63, 3.8) is 0 Å². The molecule has 1 aliphatic heterocycles. The molecule has 0 atom stereocenters. The van der Waals surface area contributed by atoms with Crippen LogP contribution in [0.25, 0.3) is 0 Å². The van der Waals surface area contributed by atoms with E-state index in [-0.39, 0.29) is 10.6 Å². The van der Waals surface area contributed by atoms with E-state index in [0.29, 0.717) is 25.9 Å². The number of nitrogen functional groups attached to an aromatic ring is 1. The van der Waals surface area contributed by atoms with Gasteiger partial charge in [-0.15, -0.1) is 0 Å². The Morgan fingerprint density at radius 3 is 2.32 bits per heavy atom. The Bertz CT molecular complexity index is 576. The fourth-order valence-electron chi connectivity index (χ4n) is 2.26. The zero-order valence-electron chi connectivity index (χ0n) is 11.3. The average molecular weight is 284 g/mol. The molecule has 1 aromatic carbocycles. The first kappa shape index (κ1) is 14.3. The lowest BCUT2D eigenvalue weighted by atomic mass is 10.1. The van der Waals surface area contributed by atoms with Crippen LogP contribution in [0.1, 0.15) is 24.0 Å². The van der Waals surface area contributed by atoms with Crippen LogP contribution in [-0.4, -0.2) is 37.0 Å². The van der Waals surface area contributed by atoms with Crippen molar-refractivity contribution in [2.45, 2.75) is 37.7 Å². The van der Waals surface area contributed by atoms with E-state index in [9.17, 15) is 13.5 Å². The number of benzene rings is 1. The van der Waals surface area contributed by atoms with Crippen LogP contribution < -0.4 is 5.73 Å². The molecule has 0 amide bonds. The second-order valence-electron chi connectivity index (χ2n) is 5.11. The summed E-state index contributed by atoms with van der Waals surface area (Å²) in [4.78, 5) is 0.173. The second kappa shape index (κ2) is 5.11. The number of aryl methyl sites for hydroxylation is 2. The number of nitrogens with zero attached hydrogens (tertiary/aromatic N) is 1. The van der Waals surface area contributed by atoms with Crippen LogP contribution in [0.2, 0.25) is 0 Å². The van der Waals surface area contributed by atoms with E-state index >= 15 is 0 Å². The highest BCUT2D eigenvalue weighted by Gasteiger charge is 2.30. The quantitative estimate of drug-likeness (QED) is 0.795. The summed E-state index contributed by atoms with van der Waals surface area (Å²) in [5, 5.41) is 9.45. The molecule has 0 saturated carbocycles. The first-order valence-electron chi connectivity index (χ1n) is 6.37. The van der Waals surface area contributed by atoms with E-state index in [1.807, 2.05) is 13.8 Å². The largest absolute Gasteiger partial charge is 0.398 e. The third-order valence-corrected chi connectivity index (χ3v) is 5.62. The Labute approximate surface area is 114 Å². The Balaban J connectivity index is 2.37. The number of nitrogens with two attached hydrogens (primary N) is 1. The van der Waals surface area contributed by atoms with Crippen molar-refractivity contribution >= 4 is 15.7 Å². The summed E-state index contributed by atoms with van der Waals surface area (Å²) < 4.78 is 26.5. The number of aliphatic hydroxyl groups excluding tert-OH is 1. The molecule has 1 aliphatic rings. The maximum Gasteiger partial charge on any atom is 0.245 e. The molecule has 3 N–H and O–H groups in total. The molecule has 1 heterocycles. The highest BCUT2D eigenvalue weighted by Crippen LogP contribution is 2.27. The van der Waals surface area contributed by atoms with Gasteiger partial charge in [0.25, 0.3) is 0 Å². The number of hydrogen-bond acceptors (Lipinski definition) is 4. The van der Waals surface area contributed by atoms with Gasteiger partial charge in [-0.25, -0.2) is 8.42 Å². The summed E-state index contributed by atoms with van der Waals surface area (Å²) in [6.45, 7) is 4.46. The summed E-state index contributed by atoms with van der Waals surface area (Å²) in [6.07, 6.45) is 0.553. The molecule has 1 saturated heterocycles. The van der Waals surface area contributed by atoms with Crippen LogP contribution in [0.15, 0.2) is 17.0 Å². The van der Waals surface area contributed by atoms with Gasteiger partial charge in [0, 0.05) is 13.1 Å². The van der Waals surface area contributed by atoms with Gasteiger partial charge >= 0.3 is 0 Å². The molecule has 5 nitrogen and oxygen atoms in total. The molecule has 1 aromatic rings. The van der Waals surface area contributed by atoms with E-state index in [2.05, 4.69) is 0 Å². The first-order valence-corrected chi connectivity index (χ1v) is 7.81. The highest BCUT2D eigenvalue weighted by molar-refractivity contribution is 7.89. The van der Waals surface area contributed by atoms with Crippen molar-refractivity contribution in [2.75, 3.05) is 18.8 Å². The van der Waals surface area contributed by atoms with Gasteiger partial charge in [0.2, 0.25) is 10.0 Å². The van der Waals surface area contributed by atoms with Crippen LogP contribution in [0.5, 0.6) is 0 Å². The minimum atomic E-state index is -3.56. The lowest BCUT2D eigenvalue weighted by Gasteiger charge is -2.29. The molecule has 0 unspecified atom stereocenters. The minimum Gasteiger partial charge on any atom is -0.398 e. The van der Waals surface area contributed by atoms with Crippen LogP contribution in [0, 0.1) is 13.8 Å². The van der Waals surface area contributed by atoms with Gasteiger partial charge in [-0.2, -0.15) is 4.31 Å². The van der Waals surface area contributed by atoms with Gasteiger partial charge in [0.05, 0.1) is 11.8 Å². The lowest BCUT2D eigenvalue weighted by Crippen LogP contribution is -2.40. The first-order chi connectivity index (χ1) is 8.82. The van der Waals surface area contributed by atoms with E-state index in [1.165, 1.54) is 4.31 Å². The highest BCUT2D eigenvalue weighted by atomic mass is 32.2. The summed E-state index contributed by atoms with van der Waals surface area (Å²) in [7, 11) is -3.56. The predicted molar refractivity (Wildman–Crippen MR) is 74.3 cm³/mol. The van der Waals surface area contributed by atoms with Crippen LogP contribution in [-0.2, 0) is 10.0 Å². The maximum atomic E-state index is 12.5. The zero-order chi connectivity index (χ0) is 14.2. The van der Waals surface area contributed by atoms with E-state index < -0.39 is 16.1 Å². The predicted octanol–water partition coefficient (Wildman–Crippen LogP) is 1.03. The molecule has 106 valence electrons. The van der Waals surface area contributed by atoms with Gasteiger partial charge in [-0.05, 0) is 49.9 Å². The van der Waals surface area contributed by atoms with E-state index in [1.54, 1.807) is 12.1 Å². The number of piperidine rings is 1. The number of aliphatic hydroxyl groups is 1. The molecule has 6 heteroatoms. The minimum absolute atomic E-state index is 0.173. The monoisotopic (exact) mass is 284 g/mol. The van der Waals surface area contributed by atoms with Crippen molar-refractivity contribution in [3.05, 3.63) is 23.3 Å². The smallest absolute Gasteiger partial charge is 0.245 e. The topological polar surface area (TPSA) is 83.6 Å². The molecule has 0 spiro atoms. The lowest BCUT2D eigenvalue weighted by molar-refractivity contribution is 0.113. The van der Waals surface area contributed by atoms with Crippen LogP contribution in [0.4, 0.5) is 5.69 Å². The Kier molecular flexibility index (Phi) is 3.85. The molecule has 1 fully saturated rings. The van der Waals surface area contributed by atoms with Gasteiger partial charge in [-0.1, -0.05) is 0 Å². The molecular formula is C13H20N2O3S. The molecule has 0 radical (unpaired) electrons. The molecule has 2 rings (SSSR count). The Morgan fingerprint density at radius 1 is 1.21 bits per heavy atom. The van der Waals surface area contributed by atoms with E-state index in [4.69, 9.17) is 5.73 Å². The Morgan fingerprint density at radius 2 is 1.74 bits per heavy atom. The average Bonchev–Trinajstić information content (AvgIpc) is 2.34. The van der Waals surface area contributed by atoms with Crippen molar-refractivity contribution in [1.29, 1.82) is 0 Å².